The molecule has 0 aliphatic carbocycles. The molecule has 1 fully saturated rings. The van der Waals surface area contributed by atoms with E-state index in [9.17, 15) is 13.2 Å². The van der Waals surface area contributed by atoms with Crippen LogP contribution in [0.5, 0.6) is 5.75 Å². The summed E-state index contributed by atoms with van der Waals surface area (Å²) in [6.07, 6.45) is 3.32. The molecule has 0 spiro atoms. The number of benzene rings is 3. The Balaban J connectivity index is 1.51. The smallest absolute Gasteiger partial charge is 0.254 e. The number of rotatable bonds is 11. The highest BCUT2D eigenvalue weighted by atomic mass is 32.2. The molecule has 1 atom stereocenters. The molecule has 1 aliphatic rings. The minimum absolute atomic E-state index is 0.00595. The van der Waals surface area contributed by atoms with Crippen molar-refractivity contribution in [2.75, 3.05) is 20.3 Å². The average Bonchev–Trinajstić information content (AvgIpc) is 3.64. The zero-order valence-electron chi connectivity index (χ0n) is 23.4. The molecule has 1 aromatic heterocycles. The Labute approximate surface area is 241 Å². The van der Waals surface area contributed by atoms with Gasteiger partial charge in [-0.1, -0.05) is 54.6 Å². The summed E-state index contributed by atoms with van der Waals surface area (Å²) in [5.41, 5.74) is 3.73. The third kappa shape index (κ3) is 6.86. The van der Waals surface area contributed by atoms with Crippen LogP contribution in [0.2, 0.25) is 0 Å². The molecule has 1 aliphatic heterocycles. The van der Waals surface area contributed by atoms with Crippen LogP contribution in [0.25, 0.3) is 0 Å². The quantitative estimate of drug-likeness (QED) is 0.250. The Hall–Kier alpha value is -3.95. The van der Waals surface area contributed by atoms with Gasteiger partial charge < -0.3 is 18.9 Å². The van der Waals surface area contributed by atoms with Gasteiger partial charge in [0.2, 0.25) is 15.0 Å². The second-order valence-corrected chi connectivity index (χ2v) is 12.2. The Morgan fingerprint density at radius 1 is 1.05 bits per heavy atom. The fourth-order valence-corrected chi connectivity index (χ4v) is 6.70. The van der Waals surface area contributed by atoms with Crippen molar-refractivity contribution in [3.8, 4) is 5.75 Å². The van der Waals surface area contributed by atoms with Gasteiger partial charge in [0, 0.05) is 18.7 Å². The first-order valence-corrected chi connectivity index (χ1v) is 15.4. The van der Waals surface area contributed by atoms with E-state index < -0.39 is 9.84 Å². The predicted octanol–water partition coefficient (Wildman–Crippen LogP) is 5.04. The van der Waals surface area contributed by atoms with Crippen LogP contribution in [0, 0.1) is 6.92 Å². The highest BCUT2D eigenvalue weighted by Gasteiger charge is 2.28. The Kier molecular flexibility index (Phi) is 8.85. The minimum Gasteiger partial charge on any atom is -0.497 e. The summed E-state index contributed by atoms with van der Waals surface area (Å²) >= 11 is 0. The largest absolute Gasteiger partial charge is 0.497 e. The monoisotopic (exact) mass is 573 g/mol. The van der Waals surface area contributed by atoms with Crippen molar-refractivity contribution in [1.29, 1.82) is 0 Å². The number of carbonyl (C=O) groups excluding carboxylic acids is 1. The lowest BCUT2D eigenvalue weighted by atomic mass is 10.1. The van der Waals surface area contributed by atoms with Crippen molar-refractivity contribution in [3.05, 3.63) is 113 Å². The Morgan fingerprint density at radius 3 is 2.46 bits per heavy atom. The van der Waals surface area contributed by atoms with E-state index in [4.69, 9.17) is 9.47 Å². The van der Waals surface area contributed by atoms with E-state index in [1.165, 1.54) is 0 Å². The van der Waals surface area contributed by atoms with Crippen LogP contribution >= 0.6 is 0 Å². The van der Waals surface area contributed by atoms with E-state index in [0.29, 0.717) is 36.7 Å². The molecule has 1 saturated heterocycles. The Bertz CT molecular complexity index is 1580. The van der Waals surface area contributed by atoms with Gasteiger partial charge >= 0.3 is 0 Å². The van der Waals surface area contributed by atoms with Crippen molar-refractivity contribution < 1.29 is 22.7 Å². The van der Waals surface area contributed by atoms with Crippen LogP contribution in [0.3, 0.4) is 0 Å². The molecule has 0 bridgehead atoms. The van der Waals surface area contributed by atoms with Gasteiger partial charge in [0.15, 0.2) is 0 Å². The third-order valence-electron chi connectivity index (χ3n) is 7.40. The number of sulfone groups is 1. The van der Waals surface area contributed by atoms with Crippen LogP contribution in [0.4, 0.5) is 0 Å². The predicted molar refractivity (Wildman–Crippen MR) is 157 cm³/mol. The molecule has 41 heavy (non-hydrogen) atoms. The van der Waals surface area contributed by atoms with Crippen LogP contribution in [-0.4, -0.2) is 55.1 Å². The van der Waals surface area contributed by atoms with Gasteiger partial charge in [-0.3, -0.25) is 4.79 Å². The highest BCUT2D eigenvalue weighted by Crippen LogP contribution is 2.24. The van der Waals surface area contributed by atoms with E-state index in [0.717, 1.165) is 29.5 Å². The van der Waals surface area contributed by atoms with E-state index in [1.54, 1.807) is 47.0 Å². The number of aryl methyl sites for hydroxylation is 1. The van der Waals surface area contributed by atoms with E-state index in [-0.39, 0.29) is 29.5 Å². The van der Waals surface area contributed by atoms with Gasteiger partial charge in [0.05, 0.1) is 43.9 Å². The normalized spacial score (nSPS) is 15.1. The second kappa shape index (κ2) is 12.7. The first-order chi connectivity index (χ1) is 19.8. The molecule has 9 heteroatoms. The lowest BCUT2D eigenvalue weighted by molar-refractivity contribution is 0.0501. The standard InChI is InChI=1S/C32H35N3O5S/c1-24-9-6-7-12-27(24)23-41(37,38)32-33-19-28(35(32)20-25-10-4-3-5-11-25)21-34(22-30-13-8-18-40-30)31(36)26-14-16-29(39-2)17-15-26/h3-7,9-12,14-17,19,30H,8,13,18,20-23H2,1-2H3/t30-/m0/s1. The lowest BCUT2D eigenvalue weighted by Gasteiger charge is -2.26. The van der Waals surface area contributed by atoms with E-state index in [1.807, 2.05) is 61.5 Å². The summed E-state index contributed by atoms with van der Waals surface area (Å²) in [7, 11) is -2.21. The molecule has 0 saturated carbocycles. The van der Waals surface area contributed by atoms with Gasteiger partial charge in [-0.25, -0.2) is 13.4 Å². The first kappa shape index (κ1) is 28.6. The third-order valence-corrected chi connectivity index (χ3v) is 8.97. The molecule has 5 rings (SSSR count). The summed E-state index contributed by atoms with van der Waals surface area (Å²) in [6, 6.07) is 24.1. The average molecular weight is 574 g/mol. The molecule has 0 radical (unpaired) electrons. The van der Waals surface area contributed by atoms with Crippen molar-refractivity contribution in [2.24, 2.45) is 0 Å². The fraction of sp³-hybridized carbons (Fsp3) is 0.312. The number of hydrogen-bond donors (Lipinski definition) is 0. The van der Waals surface area contributed by atoms with Crippen molar-refractivity contribution in [2.45, 2.75) is 49.9 Å². The number of hydrogen-bond acceptors (Lipinski definition) is 6. The van der Waals surface area contributed by atoms with Crippen LogP contribution in [0.1, 0.15) is 45.6 Å². The van der Waals surface area contributed by atoms with Crippen LogP contribution in [0.15, 0.2) is 90.2 Å². The van der Waals surface area contributed by atoms with Crippen molar-refractivity contribution in [1.82, 2.24) is 14.5 Å². The van der Waals surface area contributed by atoms with E-state index >= 15 is 0 Å². The highest BCUT2D eigenvalue weighted by molar-refractivity contribution is 7.90. The molecule has 2 heterocycles. The second-order valence-electron chi connectivity index (χ2n) is 10.3. The summed E-state index contributed by atoms with van der Waals surface area (Å²) in [5.74, 6) is 0.339. The maximum Gasteiger partial charge on any atom is 0.254 e. The molecule has 4 aromatic rings. The lowest BCUT2D eigenvalue weighted by Crippen LogP contribution is -2.37. The molecule has 1 amide bonds. The van der Waals surface area contributed by atoms with Crippen LogP contribution < -0.4 is 4.74 Å². The number of imidazole rings is 1. The molecular formula is C32H35N3O5S. The number of amides is 1. The van der Waals surface area contributed by atoms with Gasteiger partial charge in [-0.2, -0.15) is 0 Å². The topological polar surface area (TPSA) is 90.7 Å². The number of nitrogens with zero attached hydrogens (tertiary/aromatic N) is 3. The summed E-state index contributed by atoms with van der Waals surface area (Å²) in [5, 5.41) is -0.00595. The first-order valence-electron chi connectivity index (χ1n) is 13.7. The molecular weight excluding hydrogens is 538 g/mol. The zero-order valence-corrected chi connectivity index (χ0v) is 24.2. The van der Waals surface area contributed by atoms with Crippen molar-refractivity contribution >= 4 is 15.7 Å². The number of methoxy groups -OCH3 is 1. The Morgan fingerprint density at radius 2 is 1.78 bits per heavy atom. The molecule has 0 N–H and O–H groups in total. The summed E-state index contributed by atoms with van der Waals surface area (Å²) in [4.78, 5) is 19.9. The molecule has 8 nitrogen and oxygen atoms in total. The van der Waals surface area contributed by atoms with E-state index in [2.05, 4.69) is 4.98 Å². The molecule has 214 valence electrons. The fourth-order valence-electron chi connectivity index (χ4n) is 5.11. The zero-order chi connectivity index (χ0) is 28.8. The van der Waals surface area contributed by atoms with Crippen molar-refractivity contribution in [3.63, 3.8) is 0 Å². The van der Waals surface area contributed by atoms with Gasteiger partial charge in [-0.05, 0) is 60.7 Å². The maximum atomic E-state index is 13.8. The maximum absolute atomic E-state index is 13.8. The summed E-state index contributed by atoms with van der Waals surface area (Å²) in [6.45, 7) is 3.46. The molecule has 0 unspecified atom stereocenters. The number of carbonyl (C=O) groups is 1. The van der Waals surface area contributed by atoms with Gasteiger partial charge in [-0.15, -0.1) is 0 Å². The number of aromatic nitrogens is 2. The molecule has 3 aromatic carbocycles. The van der Waals surface area contributed by atoms with Gasteiger partial charge in [0.25, 0.3) is 5.91 Å². The summed E-state index contributed by atoms with van der Waals surface area (Å²) < 4.78 is 40.4. The van der Waals surface area contributed by atoms with Gasteiger partial charge in [0.1, 0.15) is 5.75 Å². The number of ether oxygens (including phenoxy) is 2. The SMILES string of the molecule is COc1ccc(C(=O)N(Cc2cnc(S(=O)(=O)Cc3ccccc3C)n2Cc2ccccc2)C[C@@H]2CCCO2)cc1. The minimum atomic E-state index is -3.79. The van der Waals surface area contributed by atoms with Crippen LogP contribution in [-0.2, 0) is 33.4 Å².